The Kier molecular flexibility index (Phi) is 3.36. The highest BCUT2D eigenvalue weighted by molar-refractivity contribution is 7.08. The predicted octanol–water partition coefficient (Wildman–Crippen LogP) is 3.07. The Hall–Kier alpha value is -1.65. The van der Waals surface area contributed by atoms with E-state index in [1.165, 1.54) is 5.56 Å². The smallest absolute Gasteiger partial charge is 0.224 e. The van der Waals surface area contributed by atoms with Gasteiger partial charge < -0.3 is 11.1 Å². The van der Waals surface area contributed by atoms with Crippen LogP contribution in [0.4, 0.5) is 5.69 Å². The normalized spacial score (nSPS) is 16.4. The molecule has 0 saturated carbocycles. The average Bonchev–Trinajstić information content (AvgIpc) is 2.87. The molecular formula is C15H16N2OS. The van der Waals surface area contributed by atoms with E-state index in [0.29, 0.717) is 6.42 Å². The molecule has 4 heteroatoms. The maximum atomic E-state index is 11.5. The van der Waals surface area contributed by atoms with Gasteiger partial charge in [-0.05, 0) is 52.4 Å². The lowest BCUT2D eigenvalue weighted by molar-refractivity contribution is -0.116. The molecule has 2 aromatic rings. The first-order chi connectivity index (χ1) is 9.24. The van der Waals surface area contributed by atoms with Crippen LogP contribution < -0.4 is 11.1 Å². The third-order valence-corrected chi connectivity index (χ3v) is 4.22. The lowest BCUT2D eigenvalue weighted by Crippen LogP contribution is -2.12. The van der Waals surface area contributed by atoms with Crippen LogP contribution in [0.5, 0.6) is 0 Å². The van der Waals surface area contributed by atoms with Gasteiger partial charge >= 0.3 is 0 Å². The van der Waals surface area contributed by atoms with Crippen molar-refractivity contribution in [2.45, 2.75) is 25.3 Å². The van der Waals surface area contributed by atoms with Gasteiger partial charge in [0.15, 0.2) is 0 Å². The summed E-state index contributed by atoms with van der Waals surface area (Å²) in [6.07, 6.45) is 2.43. The molecule has 2 heterocycles. The Morgan fingerprint density at radius 1 is 1.21 bits per heavy atom. The maximum absolute atomic E-state index is 11.5. The molecular weight excluding hydrogens is 256 g/mol. The first-order valence-corrected chi connectivity index (χ1v) is 7.38. The van der Waals surface area contributed by atoms with Gasteiger partial charge in [0, 0.05) is 12.1 Å². The highest BCUT2D eigenvalue weighted by Gasteiger charge is 2.15. The zero-order valence-corrected chi connectivity index (χ0v) is 11.4. The van der Waals surface area contributed by atoms with Crippen LogP contribution in [0.1, 0.15) is 35.6 Å². The molecule has 1 amide bonds. The quantitative estimate of drug-likeness (QED) is 0.882. The summed E-state index contributed by atoms with van der Waals surface area (Å²) in [6.45, 7) is 0. The van der Waals surface area contributed by atoms with Crippen molar-refractivity contribution < 1.29 is 4.79 Å². The topological polar surface area (TPSA) is 55.1 Å². The van der Waals surface area contributed by atoms with Gasteiger partial charge in [-0.25, -0.2) is 0 Å². The number of hydrogen-bond acceptors (Lipinski definition) is 3. The van der Waals surface area contributed by atoms with Crippen LogP contribution in [0.15, 0.2) is 35.0 Å². The van der Waals surface area contributed by atoms with Crippen LogP contribution in [0.25, 0.3) is 0 Å². The summed E-state index contributed by atoms with van der Waals surface area (Å²) in [4.78, 5) is 11.5. The molecule has 0 fully saturated rings. The van der Waals surface area contributed by atoms with Crippen LogP contribution >= 0.6 is 11.3 Å². The largest absolute Gasteiger partial charge is 0.326 e. The molecule has 0 spiro atoms. The SMILES string of the molecule is NC(c1ccsc1)c1ccc2c(c1)CCCC(=O)N2. The van der Waals surface area contributed by atoms with Gasteiger partial charge in [0.2, 0.25) is 5.91 Å². The second-order valence-corrected chi connectivity index (χ2v) is 5.63. The molecule has 0 radical (unpaired) electrons. The van der Waals surface area contributed by atoms with E-state index >= 15 is 0 Å². The molecule has 1 aromatic carbocycles. The van der Waals surface area contributed by atoms with Gasteiger partial charge in [-0.3, -0.25) is 4.79 Å². The van der Waals surface area contributed by atoms with Crippen molar-refractivity contribution in [2.75, 3.05) is 5.32 Å². The standard InChI is InChI=1S/C15H16N2OS/c16-15(12-6-7-19-9-12)11-4-5-13-10(8-11)2-1-3-14(18)17-13/h4-9,15H,1-3,16H2,(H,17,18). The molecule has 1 aliphatic heterocycles. The van der Waals surface area contributed by atoms with E-state index in [1.54, 1.807) is 11.3 Å². The van der Waals surface area contributed by atoms with E-state index in [-0.39, 0.29) is 11.9 Å². The van der Waals surface area contributed by atoms with Crippen LogP contribution in [0, 0.1) is 0 Å². The number of carbonyl (C=O) groups excluding carboxylic acids is 1. The van der Waals surface area contributed by atoms with Gasteiger partial charge in [0.25, 0.3) is 0 Å². The minimum Gasteiger partial charge on any atom is -0.326 e. The van der Waals surface area contributed by atoms with Crippen LogP contribution in [0.2, 0.25) is 0 Å². The fourth-order valence-corrected chi connectivity index (χ4v) is 3.13. The minimum atomic E-state index is -0.0875. The first-order valence-electron chi connectivity index (χ1n) is 6.44. The molecule has 1 unspecified atom stereocenters. The minimum absolute atomic E-state index is 0.0875. The maximum Gasteiger partial charge on any atom is 0.224 e. The lowest BCUT2D eigenvalue weighted by Gasteiger charge is -2.14. The third-order valence-electron chi connectivity index (χ3n) is 3.51. The van der Waals surface area contributed by atoms with Crippen molar-refractivity contribution in [2.24, 2.45) is 5.73 Å². The van der Waals surface area contributed by atoms with Crippen LogP contribution in [-0.4, -0.2) is 5.91 Å². The number of aryl methyl sites for hydroxylation is 1. The van der Waals surface area contributed by atoms with Gasteiger partial charge in [-0.15, -0.1) is 0 Å². The predicted molar refractivity (Wildman–Crippen MR) is 78.4 cm³/mol. The highest BCUT2D eigenvalue weighted by Crippen LogP contribution is 2.28. The zero-order chi connectivity index (χ0) is 13.2. The molecule has 1 aromatic heterocycles. The summed E-state index contributed by atoms with van der Waals surface area (Å²) in [6, 6.07) is 8.08. The van der Waals surface area contributed by atoms with Crippen LogP contribution in [0.3, 0.4) is 0 Å². The van der Waals surface area contributed by atoms with E-state index in [0.717, 1.165) is 29.7 Å². The van der Waals surface area contributed by atoms with E-state index < -0.39 is 0 Å². The van der Waals surface area contributed by atoms with E-state index in [9.17, 15) is 4.79 Å². The van der Waals surface area contributed by atoms with Crippen molar-refractivity contribution >= 4 is 22.9 Å². The van der Waals surface area contributed by atoms with Crippen molar-refractivity contribution in [3.05, 3.63) is 51.7 Å². The van der Waals surface area contributed by atoms with Gasteiger partial charge in [-0.1, -0.05) is 12.1 Å². The fraction of sp³-hybridized carbons (Fsp3) is 0.267. The summed E-state index contributed by atoms with van der Waals surface area (Å²) in [5, 5.41) is 7.07. The van der Waals surface area contributed by atoms with Gasteiger partial charge in [0.05, 0.1) is 6.04 Å². The van der Waals surface area contributed by atoms with Gasteiger partial charge in [-0.2, -0.15) is 11.3 Å². The monoisotopic (exact) mass is 272 g/mol. The van der Waals surface area contributed by atoms with Gasteiger partial charge in [0.1, 0.15) is 0 Å². The second-order valence-electron chi connectivity index (χ2n) is 4.85. The Morgan fingerprint density at radius 2 is 2.11 bits per heavy atom. The molecule has 98 valence electrons. The zero-order valence-electron chi connectivity index (χ0n) is 10.6. The van der Waals surface area contributed by atoms with Crippen molar-refractivity contribution in [1.29, 1.82) is 0 Å². The summed E-state index contributed by atoms with van der Waals surface area (Å²) in [7, 11) is 0. The fourth-order valence-electron chi connectivity index (χ4n) is 2.43. The summed E-state index contributed by atoms with van der Waals surface area (Å²) >= 11 is 1.66. The summed E-state index contributed by atoms with van der Waals surface area (Å²) < 4.78 is 0. The van der Waals surface area contributed by atoms with Crippen LogP contribution in [-0.2, 0) is 11.2 Å². The van der Waals surface area contributed by atoms with Crippen molar-refractivity contribution in [3.8, 4) is 0 Å². The Bertz CT molecular complexity index is 592. The molecule has 1 atom stereocenters. The van der Waals surface area contributed by atoms with E-state index in [2.05, 4.69) is 22.8 Å². The molecule has 19 heavy (non-hydrogen) atoms. The first kappa shape index (κ1) is 12.4. The summed E-state index contributed by atoms with van der Waals surface area (Å²) in [5.74, 6) is 0.105. The number of fused-ring (bicyclic) bond motifs is 1. The number of thiophene rings is 1. The molecule has 1 aliphatic rings. The lowest BCUT2D eigenvalue weighted by atomic mass is 9.97. The number of anilines is 1. The van der Waals surface area contributed by atoms with Crippen molar-refractivity contribution in [3.63, 3.8) is 0 Å². The Labute approximate surface area is 116 Å². The van der Waals surface area contributed by atoms with E-state index in [4.69, 9.17) is 5.73 Å². The number of nitrogens with one attached hydrogen (secondary N) is 1. The number of amides is 1. The number of rotatable bonds is 2. The molecule has 0 saturated heterocycles. The molecule has 3 rings (SSSR count). The highest BCUT2D eigenvalue weighted by atomic mass is 32.1. The summed E-state index contributed by atoms with van der Waals surface area (Å²) in [5.41, 5.74) is 10.6. The number of hydrogen-bond donors (Lipinski definition) is 2. The number of nitrogens with two attached hydrogens (primary N) is 1. The second kappa shape index (κ2) is 5.15. The molecule has 3 nitrogen and oxygen atoms in total. The Morgan fingerprint density at radius 3 is 2.89 bits per heavy atom. The molecule has 0 aliphatic carbocycles. The average molecular weight is 272 g/mol. The number of benzene rings is 1. The van der Waals surface area contributed by atoms with Crippen molar-refractivity contribution in [1.82, 2.24) is 0 Å². The molecule has 0 bridgehead atoms. The number of carbonyl (C=O) groups is 1. The Balaban J connectivity index is 1.93. The van der Waals surface area contributed by atoms with E-state index in [1.807, 2.05) is 17.5 Å². The molecule has 3 N–H and O–H groups in total. The third kappa shape index (κ3) is 2.55.